The van der Waals surface area contributed by atoms with Crippen molar-refractivity contribution >= 4 is 21.4 Å². The van der Waals surface area contributed by atoms with E-state index >= 15 is 0 Å². The number of rotatable bonds is 8. The van der Waals surface area contributed by atoms with Crippen LogP contribution in [0.1, 0.15) is 19.4 Å². The van der Waals surface area contributed by atoms with E-state index in [0.29, 0.717) is 29.9 Å². The second kappa shape index (κ2) is 7.51. The molecule has 0 saturated carbocycles. The van der Waals surface area contributed by atoms with Gasteiger partial charge in [-0.2, -0.15) is 4.31 Å². The molecule has 1 heterocycles. The number of thiophene rings is 1. The minimum Gasteiger partial charge on any atom is -0.310 e. The molecule has 0 fully saturated rings. The smallest absolute Gasteiger partial charge is 0.252 e. The molecule has 1 aromatic heterocycles. The molecule has 0 radical (unpaired) electrons. The Hall–Kier alpha value is -0.470. The van der Waals surface area contributed by atoms with E-state index in [1.54, 1.807) is 13.1 Å². The van der Waals surface area contributed by atoms with Crippen molar-refractivity contribution in [2.24, 2.45) is 0 Å². The van der Waals surface area contributed by atoms with Crippen molar-refractivity contribution in [2.75, 3.05) is 34.2 Å². The van der Waals surface area contributed by atoms with E-state index in [0.717, 1.165) is 5.56 Å². The Balaban J connectivity index is 2.72. The summed E-state index contributed by atoms with van der Waals surface area (Å²) in [5, 5.41) is 5.19. The normalized spacial score (nSPS) is 12.8. The Morgan fingerprint density at radius 3 is 2.45 bits per heavy atom. The van der Waals surface area contributed by atoms with Gasteiger partial charge in [0, 0.05) is 32.7 Å². The molecule has 0 unspecified atom stereocenters. The van der Waals surface area contributed by atoms with Crippen LogP contribution >= 0.6 is 11.3 Å². The van der Waals surface area contributed by atoms with Crippen LogP contribution in [-0.2, 0) is 16.6 Å². The molecule has 5 nitrogen and oxygen atoms in total. The van der Waals surface area contributed by atoms with Gasteiger partial charge in [0.2, 0.25) is 0 Å². The van der Waals surface area contributed by atoms with Crippen molar-refractivity contribution in [3.63, 3.8) is 0 Å². The molecule has 116 valence electrons. The van der Waals surface area contributed by atoms with Crippen molar-refractivity contribution in [1.82, 2.24) is 14.5 Å². The van der Waals surface area contributed by atoms with Crippen LogP contribution in [0.25, 0.3) is 0 Å². The molecule has 0 amide bonds. The fraction of sp³-hybridized carbons (Fsp3) is 0.692. The second-order valence-corrected chi connectivity index (χ2v) is 8.62. The number of nitrogens with zero attached hydrogens (tertiary/aromatic N) is 2. The lowest BCUT2D eigenvalue weighted by Crippen LogP contribution is -2.33. The van der Waals surface area contributed by atoms with E-state index in [2.05, 4.69) is 19.2 Å². The van der Waals surface area contributed by atoms with Gasteiger partial charge in [-0.3, -0.25) is 0 Å². The quantitative estimate of drug-likeness (QED) is 0.787. The van der Waals surface area contributed by atoms with Crippen molar-refractivity contribution in [2.45, 2.75) is 30.6 Å². The average Bonchev–Trinajstić information content (AvgIpc) is 2.82. The van der Waals surface area contributed by atoms with Gasteiger partial charge in [-0.25, -0.2) is 8.42 Å². The third-order valence-electron chi connectivity index (χ3n) is 2.87. The molecule has 0 saturated heterocycles. The molecule has 1 rings (SSSR count). The largest absolute Gasteiger partial charge is 0.310 e. The molecule has 0 aliphatic rings. The molecule has 7 heteroatoms. The molecule has 0 bridgehead atoms. The Labute approximate surface area is 126 Å². The molecule has 0 atom stereocenters. The minimum atomic E-state index is -3.35. The molecular formula is C13H25N3O2S2. The first-order valence-corrected chi connectivity index (χ1v) is 8.97. The van der Waals surface area contributed by atoms with Gasteiger partial charge in [0.1, 0.15) is 4.21 Å². The number of hydrogen-bond acceptors (Lipinski definition) is 5. The molecule has 1 N–H and O–H groups in total. The first-order valence-electron chi connectivity index (χ1n) is 6.65. The van der Waals surface area contributed by atoms with E-state index in [1.165, 1.54) is 15.6 Å². The number of likely N-dealkylation sites (N-methyl/N-ethyl adjacent to an activating group) is 2. The lowest BCUT2D eigenvalue weighted by molar-refractivity contribution is 0.359. The van der Waals surface area contributed by atoms with Gasteiger partial charge >= 0.3 is 0 Å². The highest BCUT2D eigenvalue weighted by Crippen LogP contribution is 2.23. The van der Waals surface area contributed by atoms with Crippen LogP contribution < -0.4 is 5.32 Å². The maximum atomic E-state index is 12.4. The zero-order chi connectivity index (χ0) is 15.3. The van der Waals surface area contributed by atoms with Gasteiger partial charge < -0.3 is 10.2 Å². The molecule has 20 heavy (non-hydrogen) atoms. The molecule has 0 aliphatic heterocycles. The van der Waals surface area contributed by atoms with Crippen LogP contribution in [0.3, 0.4) is 0 Å². The number of hydrogen-bond donors (Lipinski definition) is 1. The monoisotopic (exact) mass is 319 g/mol. The summed E-state index contributed by atoms with van der Waals surface area (Å²) in [7, 11) is 2.14. The summed E-state index contributed by atoms with van der Waals surface area (Å²) in [6, 6.07) is 2.15. The van der Waals surface area contributed by atoms with Gasteiger partial charge in [-0.15, -0.1) is 11.3 Å². The van der Waals surface area contributed by atoms with E-state index in [4.69, 9.17) is 0 Å². The summed E-state index contributed by atoms with van der Waals surface area (Å²) >= 11 is 1.29. The standard InChI is InChI=1S/C13H25N3O2S2/c1-11(2)14-9-12-8-13(19-10-12)20(17,18)16(5)7-6-15(3)4/h8,10-11,14H,6-7,9H2,1-5H3. The van der Waals surface area contributed by atoms with Crippen LogP contribution in [0, 0.1) is 0 Å². The maximum absolute atomic E-state index is 12.4. The van der Waals surface area contributed by atoms with Crippen LogP contribution in [0.2, 0.25) is 0 Å². The minimum absolute atomic E-state index is 0.387. The van der Waals surface area contributed by atoms with Crippen molar-refractivity contribution in [3.8, 4) is 0 Å². The van der Waals surface area contributed by atoms with E-state index in [1.807, 2.05) is 24.4 Å². The maximum Gasteiger partial charge on any atom is 0.252 e. The lowest BCUT2D eigenvalue weighted by Gasteiger charge is -2.18. The first-order chi connectivity index (χ1) is 9.23. The van der Waals surface area contributed by atoms with Crippen LogP contribution in [-0.4, -0.2) is 57.9 Å². The third kappa shape index (κ3) is 5.14. The third-order valence-corrected chi connectivity index (χ3v) is 6.19. The van der Waals surface area contributed by atoms with Crippen molar-refractivity contribution in [3.05, 3.63) is 17.0 Å². The zero-order valence-electron chi connectivity index (χ0n) is 12.9. The average molecular weight is 319 g/mol. The predicted octanol–water partition coefficient (Wildman–Crippen LogP) is 1.43. The summed E-state index contributed by atoms with van der Waals surface area (Å²) < 4.78 is 26.6. The Morgan fingerprint density at radius 2 is 1.90 bits per heavy atom. The summed E-state index contributed by atoms with van der Waals surface area (Å²) in [4.78, 5) is 1.97. The summed E-state index contributed by atoms with van der Waals surface area (Å²) in [5.74, 6) is 0. The summed E-state index contributed by atoms with van der Waals surface area (Å²) in [5.41, 5.74) is 1.02. The first kappa shape index (κ1) is 17.6. The van der Waals surface area contributed by atoms with E-state index in [-0.39, 0.29) is 0 Å². The molecule has 1 aromatic rings. The molecule has 0 aromatic carbocycles. The number of nitrogens with one attached hydrogen (secondary N) is 1. The lowest BCUT2D eigenvalue weighted by atomic mass is 10.3. The Bertz CT molecular complexity index is 509. The van der Waals surface area contributed by atoms with Gasteiger partial charge in [-0.1, -0.05) is 13.8 Å². The van der Waals surface area contributed by atoms with Crippen LogP contribution in [0.5, 0.6) is 0 Å². The van der Waals surface area contributed by atoms with Gasteiger partial charge in [-0.05, 0) is 31.1 Å². The van der Waals surface area contributed by atoms with E-state index in [9.17, 15) is 8.42 Å². The summed E-state index contributed by atoms with van der Waals surface area (Å²) in [6.07, 6.45) is 0. The Kier molecular flexibility index (Phi) is 6.60. The highest BCUT2D eigenvalue weighted by Gasteiger charge is 2.22. The predicted molar refractivity (Wildman–Crippen MR) is 84.7 cm³/mol. The van der Waals surface area contributed by atoms with Crippen LogP contribution in [0.15, 0.2) is 15.7 Å². The van der Waals surface area contributed by atoms with Gasteiger partial charge in [0.25, 0.3) is 10.0 Å². The molecular weight excluding hydrogens is 294 g/mol. The fourth-order valence-electron chi connectivity index (χ4n) is 1.52. The zero-order valence-corrected chi connectivity index (χ0v) is 14.5. The molecule has 0 aliphatic carbocycles. The second-order valence-electron chi connectivity index (χ2n) is 5.44. The van der Waals surface area contributed by atoms with Gasteiger partial charge in [0.15, 0.2) is 0 Å². The topological polar surface area (TPSA) is 52.7 Å². The SMILES string of the molecule is CC(C)NCc1csc(S(=O)(=O)N(C)CCN(C)C)c1. The Morgan fingerprint density at radius 1 is 1.25 bits per heavy atom. The molecule has 0 spiro atoms. The van der Waals surface area contributed by atoms with E-state index < -0.39 is 10.0 Å². The highest BCUT2D eigenvalue weighted by molar-refractivity contribution is 7.91. The van der Waals surface area contributed by atoms with Crippen molar-refractivity contribution < 1.29 is 8.42 Å². The van der Waals surface area contributed by atoms with Crippen molar-refractivity contribution in [1.29, 1.82) is 0 Å². The fourth-order valence-corrected chi connectivity index (χ4v) is 4.10. The van der Waals surface area contributed by atoms with Gasteiger partial charge in [0.05, 0.1) is 0 Å². The van der Waals surface area contributed by atoms with Crippen LogP contribution in [0.4, 0.5) is 0 Å². The summed E-state index contributed by atoms with van der Waals surface area (Å²) in [6.45, 7) is 6.04. The number of sulfonamides is 1. The highest BCUT2D eigenvalue weighted by atomic mass is 32.2.